The van der Waals surface area contributed by atoms with Crippen LogP contribution in [0.4, 0.5) is 5.69 Å². The van der Waals surface area contributed by atoms with Crippen LogP contribution in [0.3, 0.4) is 0 Å². The maximum atomic E-state index is 2.45. The van der Waals surface area contributed by atoms with Gasteiger partial charge in [-0.3, -0.25) is 0 Å². The van der Waals surface area contributed by atoms with E-state index in [1.54, 1.807) is 0 Å². The molecule has 24 heavy (non-hydrogen) atoms. The van der Waals surface area contributed by atoms with Crippen molar-refractivity contribution in [1.82, 2.24) is 0 Å². The molecule has 1 heterocycles. The maximum Gasteiger partial charge on any atom is 0.212 e. The molecule has 0 amide bonds. The average molecular weight is 319 g/mol. The van der Waals surface area contributed by atoms with E-state index in [4.69, 9.17) is 0 Å². The van der Waals surface area contributed by atoms with Crippen LogP contribution < -0.4 is 9.47 Å². The monoisotopic (exact) mass is 319 g/mol. The standard InChI is InChI=1S/C22H27N2/c1-4-17-24-21-10-8-7-9-18(21)13-16-22(24)19-11-14-20(15-12-19)23(5-2)6-3/h7-16H,4-6,17H2,1-3H3/q+1. The number of aromatic nitrogens is 1. The van der Waals surface area contributed by atoms with Crippen molar-refractivity contribution in [3.05, 3.63) is 60.7 Å². The van der Waals surface area contributed by atoms with E-state index in [1.807, 2.05) is 0 Å². The van der Waals surface area contributed by atoms with Gasteiger partial charge in [-0.1, -0.05) is 19.1 Å². The fraction of sp³-hybridized carbons (Fsp3) is 0.318. The molecule has 3 rings (SSSR count). The van der Waals surface area contributed by atoms with E-state index >= 15 is 0 Å². The van der Waals surface area contributed by atoms with Crippen LogP contribution in [0.2, 0.25) is 0 Å². The summed E-state index contributed by atoms with van der Waals surface area (Å²) >= 11 is 0. The molecule has 0 radical (unpaired) electrons. The molecule has 0 saturated carbocycles. The number of nitrogens with zero attached hydrogens (tertiary/aromatic N) is 2. The van der Waals surface area contributed by atoms with Gasteiger partial charge in [0.2, 0.25) is 11.2 Å². The van der Waals surface area contributed by atoms with E-state index < -0.39 is 0 Å². The first kappa shape index (κ1) is 16.5. The summed E-state index contributed by atoms with van der Waals surface area (Å²) in [6.07, 6.45) is 1.13. The largest absolute Gasteiger partial charge is 0.372 e. The van der Waals surface area contributed by atoms with Crippen LogP contribution in [0.25, 0.3) is 22.2 Å². The van der Waals surface area contributed by atoms with Crippen molar-refractivity contribution in [3.63, 3.8) is 0 Å². The van der Waals surface area contributed by atoms with Crippen LogP contribution in [-0.2, 0) is 6.54 Å². The highest BCUT2D eigenvalue weighted by molar-refractivity contribution is 5.77. The fourth-order valence-electron chi connectivity index (χ4n) is 3.41. The van der Waals surface area contributed by atoms with Gasteiger partial charge in [0.15, 0.2) is 0 Å². The van der Waals surface area contributed by atoms with E-state index in [-0.39, 0.29) is 0 Å². The van der Waals surface area contributed by atoms with E-state index in [2.05, 4.69) is 90.9 Å². The van der Waals surface area contributed by atoms with Crippen LogP contribution >= 0.6 is 0 Å². The zero-order chi connectivity index (χ0) is 16.9. The second-order valence-electron chi connectivity index (χ2n) is 6.15. The van der Waals surface area contributed by atoms with Gasteiger partial charge in [-0.25, -0.2) is 0 Å². The smallest absolute Gasteiger partial charge is 0.212 e. The first-order valence-electron chi connectivity index (χ1n) is 9.05. The normalized spacial score (nSPS) is 11.0. The molecule has 2 heteroatoms. The number of anilines is 1. The molecule has 0 aliphatic carbocycles. The Kier molecular flexibility index (Phi) is 5.14. The first-order valence-corrected chi connectivity index (χ1v) is 9.05. The molecule has 0 aliphatic heterocycles. The van der Waals surface area contributed by atoms with Crippen molar-refractivity contribution >= 4 is 16.6 Å². The predicted molar refractivity (Wildman–Crippen MR) is 103 cm³/mol. The highest BCUT2D eigenvalue weighted by Gasteiger charge is 2.16. The number of pyridine rings is 1. The molecule has 0 saturated heterocycles. The maximum absolute atomic E-state index is 2.45. The van der Waals surface area contributed by atoms with E-state index in [0.717, 1.165) is 26.1 Å². The summed E-state index contributed by atoms with van der Waals surface area (Å²) in [7, 11) is 0. The van der Waals surface area contributed by atoms with Gasteiger partial charge in [0.25, 0.3) is 0 Å². The van der Waals surface area contributed by atoms with Crippen LogP contribution in [0.1, 0.15) is 27.2 Å². The minimum absolute atomic E-state index is 1.04. The molecule has 0 atom stereocenters. The van der Waals surface area contributed by atoms with E-state index in [9.17, 15) is 0 Å². The lowest BCUT2D eigenvalue weighted by Crippen LogP contribution is -2.37. The third-order valence-electron chi connectivity index (χ3n) is 4.68. The Morgan fingerprint density at radius 1 is 0.792 bits per heavy atom. The summed E-state index contributed by atoms with van der Waals surface area (Å²) in [6, 6.07) is 22.1. The quantitative estimate of drug-likeness (QED) is 0.577. The lowest BCUT2D eigenvalue weighted by molar-refractivity contribution is -0.660. The summed E-state index contributed by atoms with van der Waals surface area (Å²) in [5.74, 6) is 0. The summed E-state index contributed by atoms with van der Waals surface area (Å²) in [5, 5.41) is 1.30. The Morgan fingerprint density at radius 3 is 2.17 bits per heavy atom. The van der Waals surface area contributed by atoms with E-state index in [1.165, 1.54) is 27.8 Å². The SMILES string of the molecule is CCC[n+]1c(-c2ccc(N(CC)CC)cc2)ccc2ccccc21. The second-order valence-corrected chi connectivity index (χ2v) is 6.15. The van der Waals surface area contributed by atoms with Crippen molar-refractivity contribution in [2.45, 2.75) is 33.7 Å². The van der Waals surface area contributed by atoms with Crippen LogP contribution in [0.15, 0.2) is 60.7 Å². The van der Waals surface area contributed by atoms with Crippen molar-refractivity contribution in [2.24, 2.45) is 0 Å². The van der Waals surface area contributed by atoms with Crippen molar-refractivity contribution in [2.75, 3.05) is 18.0 Å². The van der Waals surface area contributed by atoms with Crippen LogP contribution in [0, 0.1) is 0 Å². The molecule has 2 aromatic carbocycles. The number of aryl methyl sites for hydroxylation is 1. The van der Waals surface area contributed by atoms with Crippen LogP contribution in [-0.4, -0.2) is 13.1 Å². The Hall–Kier alpha value is -2.35. The van der Waals surface area contributed by atoms with Gasteiger partial charge in [0, 0.05) is 48.3 Å². The lowest BCUT2D eigenvalue weighted by atomic mass is 10.1. The minimum Gasteiger partial charge on any atom is -0.372 e. The van der Waals surface area contributed by atoms with Crippen molar-refractivity contribution in [3.8, 4) is 11.3 Å². The number of rotatable bonds is 6. The number of benzene rings is 2. The number of para-hydroxylation sites is 1. The third kappa shape index (κ3) is 3.14. The molecule has 0 aliphatic rings. The Balaban J connectivity index is 2.07. The highest BCUT2D eigenvalue weighted by Crippen LogP contribution is 2.23. The van der Waals surface area contributed by atoms with Gasteiger partial charge >= 0.3 is 0 Å². The molecule has 2 nitrogen and oxygen atoms in total. The lowest BCUT2D eigenvalue weighted by Gasteiger charge is -2.21. The third-order valence-corrected chi connectivity index (χ3v) is 4.68. The Bertz CT molecular complexity index is 802. The van der Waals surface area contributed by atoms with Gasteiger partial charge in [0.05, 0.1) is 0 Å². The summed E-state index contributed by atoms with van der Waals surface area (Å²) in [6.45, 7) is 9.77. The van der Waals surface area contributed by atoms with Gasteiger partial charge in [0.1, 0.15) is 6.54 Å². The molecule has 0 fully saturated rings. The molecule has 0 bridgehead atoms. The van der Waals surface area contributed by atoms with E-state index in [0.29, 0.717) is 0 Å². The molecular weight excluding hydrogens is 292 g/mol. The molecule has 0 spiro atoms. The molecular formula is C22H27N2+. The van der Waals surface area contributed by atoms with Crippen molar-refractivity contribution < 1.29 is 4.57 Å². The molecule has 1 aromatic heterocycles. The molecule has 3 aromatic rings. The molecule has 124 valence electrons. The zero-order valence-corrected chi connectivity index (χ0v) is 15.0. The Labute approximate surface area is 145 Å². The topological polar surface area (TPSA) is 7.12 Å². The highest BCUT2D eigenvalue weighted by atomic mass is 15.1. The number of fused-ring (bicyclic) bond motifs is 1. The fourth-order valence-corrected chi connectivity index (χ4v) is 3.41. The Morgan fingerprint density at radius 2 is 1.50 bits per heavy atom. The average Bonchev–Trinajstić information content (AvgIpc) is 2.64. The first-order chi connectivity index (χ1) is 11.8. The number of hydrogen-bond donors (Lipinski definition) is 0. The molecule has 0 N–H and O–H groups in total. The summed E-state index contributed by atoms with van der Waals surface area (Å²) in [4.78, 5) is 2.38. The predicted octanol–water partition coefficient (Wildman–Crippen LogP) is 5.05. The van der Waals surface area contributed by atoms with Gasteiger partial charge in [-0.2, -0.15) is 4.57 Å². The van der Waals surface area contributed by atoms with Crippen molar-refractivity contribution in [1.29, 1.82) is 0 Å². The van der Waals surface area contributed by atoms with Crippen LogP contribution in [0.5, 0.6) is 0 Å². The van der Waals surface area contributed by atoms with Gasteiger partial charge < -0.3 is 4.90 Å². The zero-order valence-electron chi connectivity index (χ0n) is 15.0. The van der Waals surface area contributed by atoms with Gasteiger partial charge in [-0.15, -0.1) is 0 Å². The minimum atomic E-state index is 1.04. The van der Waals surface area contributed by atoms with Gasteiger partial charge in [-0.05, 0) is 50.2 Å². The molecule has 0 unspecified atom stereocenters. The summed E-state index contributed by atoms with van der Waals surface area (Å²) < 4.78 is 2.45. The number of hydrogen-bond acceptors (Lipinski definition) is 1. The second kappa shape index (κ2) is 7.48. The summed E-state index contributed by atoms with van der Waals surface area (Å²) in [5.41, 5.74) is 5.18.